The van der Waals surface area contributed by atoms with Gasteiger partial charge in [-0.3, -0.25) is 5.10 Å². The minimum Gasteiger partial charge on any atom is -0.321 e. The van der Waals surface area contributed by atoms with E-state index in [1.165, 1.54) is 17.5 Å². The molecular formula is C11H14N4. The van der Waals surface area contributed by atoms with Crippen LogP contribution >= 0.6 is 0 Å². The van der Waals surface area contributed by atoms with Gasteiger partial charge in [-0.1, -0.05) is 29.8 Å². The summed E-state index contributed by atoms with van der Waals surface area (Å²) in [6.45, 7) is 2.07. The van der Waals surface area contributed by atoms with Crippen LogP contribution in [0.1, 0.15) is 23.0 Å². The second-order valence-corrected chi connectivity index (χ2v) is 3.67. The van der Waals surface area contributed by atoms with E-state index >= 15 is 0 Å². The van der Waals surface area contributed by atoms with Crippen molar-refractivity contribution < 1.29 is 0 Å². The maximum absolute atomic E-state index is 5.99. The van der Waals surface area contributed by atoms with Crippen molar-refractivity contribution in [3.05, 3.63) is 47.5 Å². The first-order valence-electron chi connectivity index (χ1n) is 4.92. The van der Waals surface area contributed by atoms with Crippen molar-refractivity contribution in [1.82, 2.24) is 15.2 Å². The van der Waals surface area contributed by atoms with Crippen LogP contribution in [0, 0.1) is 6.92 Å². The van der Waals surface area contributed by atoms with Crippen LogP contribution in [0.15, 0.2) is 30.6 Å². The van der Waals surface area contributed by atoms with Gasteiger partial charge in [0.15, 0.2) is 0 Å². The summed E-state index contributed by atoms with van der Waals surface area (Å²) in [5, 5.41) is 6.57. The predicted molar refractivity (Wildman–Crippen MR) is 58.2 cm³/mol. The third-order valence-corrected chi connectivity index (χ3v) is 2.32. The zero-order valence-electron chi connectivity index (χ0n) is 8.64. The van der Waals surface area contributed by atoms with Crippen molar-refractivity contribution >= 4 is 0 Å². The maximum atomic E-state index is 5.99. The van der Waals surface area contributed by atoms with Gasteiger partial charge in [0.2, 0.25) is 0 Å². The normalized spacial score (nSPS) is 12.7. The lowest BCUT2D eigenvalue weighted by Gasteiger charge is -2.08. The largest absolute Gasteiger partial charge is 0.321 e. The number of hydrogen-bond donors (Lipinski definition) is 2. The number of nitrogens with two attached hydrogens (primary N) is 1. The van der Waals surface area contributed by atoms with Crippen molar-refractivity contribution in [2.75, 3.05) is 0 Å². The summed E-state index contributed by atoms with van der Waals surface area (Å²) >= 11 is 0. The van der Waals surface area contributed by atoms with Gasteiger partial charge in [0.25, 0.3) is 0 Å². The van der Waals surface area contributed by atoms with Crippen LogP contribution in [0.5, 0.6) is 0 Å². The number of H-pyrrole nitrogens is 1. The molecule has 4 heteroatoms. The highest BCUT2D eigenvalue weighted by molar-refractivity contribution is 5.23. The fourth-order valence-corrected chi connectivity index (χ4v) is 1.58. The Labute approximate surface area is 88.5 Å². The van der Waals surface area contributed by atoms with Gasteiger partial charge >= 0.3 is 0 Å². The number of hydrogen-bond acceptors (Lipinski definition) is 3. The molecule has 0 radical (unpaired) electrons. The van der Waals surface area contributed by atoms with Gasteiger partial charge in [-0.25, -0.2) is 4.98 Å². The van der Waals surface area contributed by atoms with E-state index in [1.54, 1.807) is 0 Å². The molecule has 3 N–H and O–H groups in total. The van der Waals surface area contributed by atoms with E-state index in [1.807, 2.05) is 6.07 Å². The van der Waals surface area contributed by atoms with Crippen LogP contribution in [-0.2, 0) is 6.42 Å². The number of aryl methyl sites for hydroxylation is 1. The number of benzene rings is 1. The molecule has 4 nitrogen and oxygen atoms in total. The first kappa shape index (κ1) is 9.86. The topological polar surface area (TPSA) is 67.6 Å². The molecule has 0 aliphatic heterocycles. The lowest BCUT2D eigenvalue weighted by Crippen LogP contribution is -2.15. The molecule has 0 saturated heterocycles. The van der Waals surface area contributed by atoms with Crippen molar-refractivity contribution in [1.29, 1.82) is 0 Å². The molecular weight excluding hydrogens is 188 g/mol. The van der Waals surface area contributed by atoms with Crippen LogP contribution in [0.2, 0.25) is 0 Å². The molecule has 0 aliphatic carbocycles. The molecule has 1 atom stereocenters. The van der Waals surface area contributed by atoms with Crippen molar-refractivity contribution in [3.8, 4) is 0 Å². The minimum atomic E-state index is -0.116. The summed E-state index contributed by atoms with van der Waals surface area (Å²) in [7, 11) is 0. The molecule has 2 rings (SSSR count). The van der Waals surface area contributed by atoms with Crippen molar-refractivity contribution in [2.45, 2.75) is 19.4 Å². The van der Waals surface area contributed by atoms with E-state index < -0.39 is 0 Å². The summed E-state index contributed by atoms with van der Waals surface area (Å²) in [5.74, 6) is 0.733. The molecule has 0 bridgehead atoms. The van der Waals surface area contributed by atoms with E-state index in [0.29, 0.717) is 0 Å². The molecule has 0 spiro atoms. The number of nitrogens with one attached hydrogen (secondary N) is 1. The smallest absolute Gasteiger partial charge is 0.141 e. The number of rotatable bonds is 3. The van der Waals surface area contributed by atoms with Crippen LogP contribution < -0.4 is 5.73 Å². The fraction of sp³-hybridized carbons (Fsp3) is 0.273. The first-order valence-corrected chi connectivity index (χ1v) is 4.92. The Kier molecular flexibility index (Phi) is 2.78. The third kappa shape index (κ3) is 2.41. The Bertz CT molecular complexity index is 422. The van der Waals surface area contributed by atoms with Gasteiger partial charge in [0, 0.05) is 0 Å². The summed E-state index contributed by atoms with van der Waals surface area (Å²) in [4.78, 5) is 4.04. The quantitative estimate of drug-likeness (QED) is 0.789. The highest BCUT2D eigenvalue weighted by Gasteiger charge is 2.09. The van der Waals surface area contributed by atoms with Gasteiger partial charge in [-0.05, 0) is 18.9 Å². The molecule has 15 heavy (non-hydrogen) atoms. The van der Waals surface area contributed by atoms with Crippen molar-refractivity contribution in [2.24, 2.45) is 5.73 Å². The monoisotopic (exact) mass is 202 g/mol. The van der Waals surface area contributed by atoms with Gasteiger partial charge in [-0.15, -0.1) is 0 Å². The average molecular weight is 202 g/mol. The molecule has 0 fully saturated rings. The predicted octanol–water partition coefficient (Wildman–Crippen LogP) is 1.36. The summed E-state index contributed by atoms with van der Waals surface area (Å²) in [5.41, 5.74) is 8.46. The summed E-state index contributed by atoms with van der Waals surface area (Å²) < 4.78 is 0. The van der Waals surface area contributed by atoms with E-state index in [2.05, 4.69) is 40.3 Å². The van der Waals surface area contributed by atoms with Crippen LogP contribution in [0.4, 0.5) is 0 Å². The number of aromatic nitrogens is 3. The molecule has 1 heterocycles. The van der Waals surface area contributed by atoms with Crippen LogP contribution in [-0.4, -0.2) is 15.2 Å². The van der Waals surface area contributed by atoms with Gasteiger partial charge in [0.1, 0.15) is 12.2 Å². The summed E-state index contributed by atoms with van der Waals surface area (Å²) in [6.07, 6.45) is 2.25. The molecule has 1 unspecified atom stereocenters. The van der Waals surface area contributed by atoms with Crippen LogP contribution in [0.3, 0.4) is 0 Å². The lowest BCUT2D eigenvalue weighted by atomic mass is 10.0. The Morgan fingerprint density at radius 1 is 1.47 bits per heavy atom. The molecule has 2 aromatic rings. The Morgan fingerprint density at radius 3 is 3.00 bits per heavy atom. The van der Waals surface area contributed by atoms with Crippen LogP contribution in [0.25, 0.3) is 0 Å². The molecule has 78 valence electrons. The summed E-state index contributed by atoms with van der Waals surface area (Å²) in [6, 6.07) is 8.20. The third-order valence-electron chi connectivity index (χ3n) is 2.32. The second-order valence-electron chi connectivity index (χ2n) is 3.67. The van der Waals surface area contributed by atoms with E-state index in [9.17, 15) is 0 Å². The Hall–Kier alpha value is -1.68. The highest BCUT2D eigenvalue weighted by Crippen LogP contribution is 2.12. The Balaban J connectivity index is 2.09. The highest BCUT2D eigenvalue weighted by atomic mass is 15.2. The SMILES string of the molecule is Cc1cccc(CC(N)c2ncn[nH]2)c1. The van der Waals surface area contributed by atoms with Crippen molar-refractivity contribution in [3.63, 3.8) is 0 Å². The molecule has 0 amide bonds. The molecule has 1 aromatic heterocycles. The fourth-order valence-electron chi connectivity index (χ4n) is 1.58. The van der Waals surface area contributed by atoms with E-state index in [0.717, 1.165) is 12.2 Å². The first-order chi connectivity index (χ1) is 7.25. The second kappa shape index (κ2) is 4.23. The number of aromatic amines is 1. The maximum Gasteiger partial charge on any atom is 0.141 e. The molecule has 1 aromatic carbocycles. The molecule has 0 aliphatic rings. The Morgan fingerprint density at radius 2 is 2.33 bits per heavy atom. The number of nitrogens with zero attached hydrogens (tertiary/aromatic N) is 2. The lowest BCUT2D eigenvalue weighted by molar-refractivity contribution is 0.671. The van der Waals surface area contributed by atoms with E-state index in [-0.39, 0.29) is 6.04 Å². The van der Waals surface area contributed by atoms with Gasteiger partial charge < -0.3 is 5.73 Å². The van der Waals surface area contributed by atoms with Gasteiger partial charge in [-0.2, -0.15) is 5.10 Å². The average Bonchev–Trinajstić information content (AvgIpc) is 2.70. The van der Waals surface area contributed by atoms with E-state index in [4.69, 9.17) is 5.73 Å². The molecule has 0 saturated carbocycles. The zero-order chi connectivity index (χ0) is 10.7. The standard InChI is InChI=1S/C11H14N4/c1-8-3-2-4-9(5-8)6-10(12)11-13-7-14-15-11/h2-5,7,10H,6,12H2,1H3,(H,13,14,15). The zero-order valence-corrected chi connectivity index (χ0v) is 8.64. The minimum absolute atomic E-state index is 0.116. The van der Waals surface area contributed by atoms with Gasteiger partial charge in [0.05, 0.1) is 6.04 Å².